The van der Waals surface area contributed by atoms with Gasteiger partial charge < -0.3 is 5.32 Å². The molecule has 1 N–H and O–H groups in total. The van der Waals surface area contributed by atoms with E-state index in [9.17, 15) is 0 Å². The third kappa shape index (κ3) is 2.98. The maximum Gasteiger partial charge on any atom is 0.0123 e. The molecule has 0 spiro atoms. The number of nitrogens with one attached hydrogen (secondary N) is 1. The monoisotopic (exact) mass is 197 g/mol. The molecule has 1 atom stereocenters. The van der Waals surface area contributed by atoms with Gasteiger partial charge in [-0.2, -0.15) is 0 Å². The lowest BCUT2D eigenvalue weighted by Crippen LogP contribution is -2.41. The second-order valence-corrected chi connectivity index (χ2v) is 4.70. The summed E-state index contributed by atoms with van der Waals surface area (Å²) in [6, 6.07) is 0.803. The summed E-state index contributed by atoms with van der Waals surface area (Å²) in [7, 11) is 0. The molecular formula is C13H27N. The molecule has 0 bridgehead atoms. The van der Waals surface area contributed by atoms with Gasteiger partial charge in [0.15, 0.2) is 0 Å². The van der Waals surface area contributed by atoms with Crippen molar-refractivity contribution in [3.05, 3.63) is 0 Å². The topological polar surface area (TPSA) is 12.0 Å². The Morgan fingerprint density at radius 1 is 1.07 bits per heavy atom. The van der Waals surface area contributed by atoms with Crippen LogP contribution in [0.2, 0.25) is 0 Å². The van der Waals surface area contributed by atoms with E-state index in [1.807, 2.05) is 0 Å². The van der Waals surface area contributed by atoms with Gasteiger partial charge in [0.25, 0.3) is 0 Å². The molecule has 0 aromatic carbocycles. The third-order valence-corrected chi connectivity index (χ3v) is 3.90. The molecule has 1 aliphatic carbocycles. The Morgan fingerprint density at radius 2 is 1.64 bits per heavy atom. The summed E-state index contributed by atoms with van der Waals surface area (Å²) in [6.07, 6.45) is 8.54. The van der Waals surface area contributed by atoms with Gasteiger partial charge in [-0.05, 0) is 31.2 Å². The van der Waals surface area contributed by atoms with Gasteiger partial charge in [-0.25, -0.2) is 0 Å². The van der Waals surface area contributed by atoms with Crippen LogP contribution < -0.4 is 5.32 Å². The van der Waals surface area contributed by atoms with Crippen molar-refractivity contribution in [3.63, 3.8) is 0 Å². The van der Waals surface area contributed by atoms with Crippen LogP contribution >= 0.6 is 0 Å². The standard InChI is InChI=1S/C13H27N/c1-4-11(5-2)13(14-6-3)12-9-7-8-10-12/h11-14H,4-10H2,1-3H3. The van der Waals surface area contributed by atoms with E-state index in [0.29, 0.717) is 0 Å². The Kier molecular flexibility index (Phi) is 5.54. The summed E-state index contributed by atoms with van der Waals surface area (Å²) in [4.78, 5) is 0. The fourth-order valence-electron chi connectivity index (χ4n) is 3.07. The van der Waals surface area contributed by atoms with Crippen LogP contribution in [0, 0.1) is 11.8 Å². The first-order chi connectivity index (χ1) is 6.83. The highest BCUT2D eigenvalue weighted by molar-refractivity contribution is 4.84. The van der Waals surface area contributed by atoms with Crippen LogP contribution in [-0.4, -0.2) is 12.6 Å². The maximum atomic E-state index is 3.73. The molecule has 0 heterocycles. The second kappa shape index (κ2) is 6.44. The summed E-state index contributed by atoms with van der Waals surface area (Å²) in [5, 5.41) is 3.73. The first-order valence-electron chi connectivity index (χ1n) is 6.56. The van der Waals surface area contributed by atoms with Crippen molar-refractivity contribution in [2.75, 3.05) is 6.54 Å². The normalized spacial score (nSPS) is 20.6. The van der Waals surface area contributed by atoms with Gasteiger partial charge in [0.1, 0.15) is 0 Å². The first kappa shape index (κ1) is 12.0. The van der Waals surface area contributed by atoms with Crippen molar-refractivity contribution >= 4 is 0 Å². The Balaban J connectivity index is 2.51. The SMILES string of the molecule is CCNC(C(CC)CC)C1CCCC1. The number of hydrogen-bond acceptors (Lipinski definition) is 1. The van der Waals surface area contributed by atoms with Gasteiger partial charge in [0.05, 0.1) is 0 Å². The predicted octanol–water partition coefficient (Wildman–Crippen LogP) is 3.59. The van der Waals surface area contributed by atoms with Crippen LogP contribution in [0.15, 0.2) is 0 Å². The van der Waals surface area contributed by atoms with Crippen molar-refractivity contribution in [2.24, 2.45) is 11.8 Å². The molecule has 1 saturated carbocycles. The van der Waals surface area contributed by atoms with Crippen LogP contribution in [0.5, 0.6) is 0 Å². The van der Waals surface area contributed by atoms with E-state index in [2.05, 4.69) is 26.1 Å². The average molecular weight is 197 g/mol. The zero-order valence-electron chi connectivity index (χ0n) is 10.2. The molecule has 1 heteroatoms. The Labute approximate surface area is 89.7 Å². The lowest BCUT2D eigenvalue weighted by Gasteiger charge is -2.31. The van der Waals surface area contributed by atoms with Gasteiger partial charge in [-0.3, -0.25) is 0 Å². The van der Waals surface area contributed by atoms with E-state index in [1.165, 1.54) is 38.5 Å². The van der Waals surface area contributed by atoms with E-state index in [4.69, 9.17) is 0 Å². The van der Waals surface area contributed by atoms with Crippen molar-refractivity contribution in [1.29, 1.82) is 0 Å². The van der Waals surface area contributed by atoms with Crippen molar-refractivity contribution < 1.29 is 0 Å². The van der Waals surface area contributed by atoms with E-state index in [-0.39, 0.29) is 0 Å². The molecule has 1 nitrogen and oxygen atoms in total. The highest BCUT2D eigenvalue weighted by Gasteiger charge is 2.28. The fraction of sp³-hybridized carbons (Fsp3) is 1.00. The summed E-state index contributed by atoms with van der Waals surface area (Å²) >= 11 is 0. The first-order valence-corrected chi connectivity index (χ1v) is 6.56. The van der Waals surface area contributed by atoms with Gasteiger partial charge >= 0.3 is 0 Å². The van der Waals surface area contributed by atoms with Crippen LogP contribution in [0.3, 0.4) is 0 Å². The molecule has 1 unspecified atom stereocenters. The zero-order valence-corrected chi connectivity index (χ0v) is 10.2. The Morgan fingerprint density at radius 3 is 2.07 bits per heavy atom. The lowest BCUT2D eigenvalue weighted by molar-refractivity contribution is 0.249. The number of rotatable bonds is 6. The molecule has 0 saturated heterocycles. The van der Waals surface area contributed by atoms with Crippen LogP contribution in [-0.2, 0) is 0 Å². The van der Waals surface area contributed by atoms with Gasteiger partial charge in [-0.15, -0.1) is 0 Å². The van der Waals surface area contributed by atoms with E-state index in [0.717, 1.165) is 24.4 Å². The van der Waals surface area contributed by atoms with Gasteiger partial charge in [0, 0.05) is 6.04 Å². The summed E-state index contributed by atoms with van der Waals surface area (Å²) < 4.78 is 0. The van der Waals surface area contributed by atoms with Crippen molar-refractivity contribution in [1.82, 2.24) is 5.32 Å². The van der Waals surface area contributed by atoms with Crippen LogP contribution in [0.4, 0.5) is 0 Å². The fourth-order valence-corrected chi connectivity index (χ4v) is 3.07. The minimum absolute atomic E-state index is 0.803. The summed E-state index contributed by atoms with van der Waals surface area (Å²) in [6.45, 7) is 8.06. The highest BCUT2D eigenvalue weighted by Crippen LogP contribution is 2.32. The van der Waals surface area contributed by atoms with Gasteiger partial charge in [-0.1, -0.05) is 46.5 Å². The molecule has 14 heavy (non-hydrogen) atoms. The van der Waals surface area contributed by atoms with E-state index >= 15 is 0 Å². The molecule has 1 rings (SSSR count). The molecule has 1 aliphatic rings. The van der Waals surface area contributed by atoms with E-state index in [1.54, 1.807) is 0 Å². The third-order valence-electron chi connectivity index (χ3n) is 3.90. The molecule has 0 aromatic rings. The Hall–Kier alpha value is -0.0400. The highest BCUT2D eigenvalue weighted by atomic mass is 14.9. The number of hydrogen-bond donors (Lipinski definition) is 1. The smallest absolute Gasteiger partial charge is 0.0123 e. The molecule has 1 fully saturated rings. The molecule has 0 aliphatic heterocycles. The van der Waals surface area contributed by atoms with E-state index < -0.39 is 0 Å². The minimum atomic E-state index is 0.803. The quantitative estimate of drug-likeness (QED) is 0.686. The summed E-state index contributed by atoms with van der Waals surface area (Å²) in [5.74, 6) is 1.87. The predicted molar refractivity (Wildman–Crippen MR) is 63.5 cm³/mol. The average Bonchev–Trinajstić information content (AvgIpc) is 2.71. The maximum absolute atomic E-state index is 3.73. The second-order valence-electron chi connectivity index (χ2n) is 4.70. The Bertz CT molecular complexity index is 132. The molecule has 0 aromatic heterocycles. The molecule has 0 amide bonds. The van der Waals surface area contributed by atoms with Gasteiger partial charge in [0.2, 0.25) is 0 Å². The molecular weight excluding hydrogens is 170 g/mol. The molecule has 84 valence electrons. The lowest BCUT2D eigenvalue weighted by atomic mass is 9.84. The summed E-state index contributed by atoms with van der Waals surface area (Å²) in [5.41, 5.74) is 0. The molecule has 0 radical (unpaired) electrons. The zero-order chi connectivity index (χ0) is 10.4. The largest absolute Gasteiger partial charge is 0.314 e. The van der Waals surface area contributed by atoms with Crippen molar-refractivity contribution in [2.45, 2.75) is 65.3 Å². The van der Waals surface area contributed by atoms with Crippen LogP contribution in [0.1, 0.15) is 59.3 Å². The van der Waals surface area contributed by atoms with Crippen LogP contribution in [0.25, 0.3) is 0 Å². The minimum Gasteiger partial charge on any atom is -0.314 e. The van der Waals surface area contributed by atoms with Crippen molar-refractivity contribution in [3.8, 4) is 0 Å².